The van der Waals surface area contributed by atoms with E-state index in [1.54, 1.807) is 18.2 Å². The van der Waals surface area contributed by atoms with E-state index in [1.165, 1.54) is 34.9 Å². The van der Waals surface area contributed by atoms with E-state index < -0.39 is 21.3 Å². The minimum absolute atomic E-state index is 0.155. The Morgan fingerprint density at radius 3 is 2.13 bits per heavy atom. The van der Waals surface area contributed by atoms with Gasteiger partial charge in [0.2, 0.25) is 0 Å². The van der Waals surface area contributed by atoms with Gasteiger partial charge in [0.25, 0.3) is 15.6 Å². The number of hydrogen-bond acceptors (Lipinski definition) is 4. The quantitative estimate of drug-likeness (QED) is 0.477. The summed E-state index contributed by atoms with van der Waals surface area (Å²) in [5.41, 5.74) is -0.385. The molecule has 0 unspecified atom stereocenters. The molecule has 0 fully saturated rings. The van der Waals surface area contributed by atoms with Crippen molar-refractivity contribution in [1.82, 2.24) is 8.54 Å². The number of halogens is 1. The molecule has 1 heterocycles. The van der Waals surface area contributed by atoms with Crippen LogP contribution in [0.5, 0.6) is 0 Å². The van der Waals surface area contributed by atoms with Crippen LogP contribution in [-0.2, 0) is 23.0 Å². The third-order valence-electron chi connectivity index (χ3n) is 4.83. The highest BCUT2D eigenvalue weighted by Gasteiger charge is 2.25. The van der Waals surface area contributed by atoms with E-state index in [1.807, 2.05) is 30.3 Å². The summed E-state index contributed by atoms with van der Waals surface area (Å²) in [6.07, 6.45) is 0.504. The number of fused-ring (bicyclic) bond motifs is 1. The van der Waals surface area contributed by atoms with Crippen molar-refractivity contribution < 1.29 is 8.42 Å². The van der Waals surface area contributed by atoms with Crippen LogP contribution in [0.15, 0.2) is 93.3 Å². The van der Waals surface area contributed by atoms with Crippen LogP contribution in [0.25, 0.3) is 10.9 Å². The molecule has 0 bridgehead atoms. The molecule has 0 saturated carbocycles. The lowest BCUT2D eigenvalue weighted by atomic mass is 10.1. The lowest BCUT2D eigenvalue weighted by Crippen LogP contribution is -2.44. The Labute approximate surface area is 177 Å². The van der Waals surface area contributed by atoms with Crippen LogP contribution in [-0.4, -0.2) is 17.0 Å². The molecular formula is C22H17ClN2O4S. The smallest absolute Gasteiger partial charge is 0.292 e. The maximum atomic E-state index is 13.2. The zero-order valence-electron chi connectivity index (χ0n) is 15.7. The number of aromatic nitrogens is 2. The minimum Gasteiger partial charge on any atom is -0.292 e. The van der Waals surface area contributed by atoms with Gasteiger partial charge < -0.3 is 0 Å². The van der Waals surface area contributed by atoms with Crippen LogP contribution in [0.2, 0.25) is 5.02 Å². The Morgan fingerprint density at radius 2 is 1.43 bits per heavy atom. The summed E-state index contributed by atoms with van der Waals surface area (Å²) in [5, 5.41) is 0.503. The molecule has 1 aromatic heterocycles. The maximum Gasteiger partial charge on any atom is 0.345 e. The van der Waals surface area contributed by atoms with Crippen LogP contribution < -0.4 is 11.2 Å². The van der Waals surface area contributed by atoms with Gasteiger partial charge in [-0.2, -0.15) is 0 Å². The molecule has 4 rings (SSSR count). The number of rotatable bonds is 5. The van der Waals surface area contributed by atoms with E-state index in [2.05, 4.69) is 0 Å². The molecule has 0 atom stereocenters. The molecule has 0 radical (unpaired) electrons. The van der Waals surface area contributed by atoms with E-state index in [4.69, 9.17) is 11.6 Å². The van der Waals surface area contributed by atoms with Crippen molar-refractivity contribution in [2.24, 2.45) is 0 Å². The van der Waals surface area contributed by atoms with Gasteiger partial charge in [0, 0.05) is 11.6 Å². The average molecular weight is 441 g/mol. The number of nitrogens with zero attached hydrogens (tertiary/aromatic N) is 2. The van der Waals surface area contributed by atoms with Crippen LogP contribution >= 0.6 is 11.6 Å². The van der Waals surface area contributed by atoms with Gasteiger partial charge in [-0.3, -0.25) is 9.36 Å². The Hall–Kier alpha value is -3.16. The average Bonchev–Trinajstić information content (AvgIpc) is 2.74. The van der Waals surface area contributed by atoms with Crippen LogP contribution in [0.4, 0.5) is 0 Å². The van der Waals surface area contributed by atoms with Crippen molar-refractivity contribution in [3.63, 3.8) is 0 Å². The van der Waals surface area contributed by atoms with Gasteiger partial charge in [-0.05, 0) is 48.4 Å². The van der Waals surface area contributed by atoms with Gasteiger partial charge in [0.05, 0.1) is 15.8 Å². The Morgan fingerprint density at radius 1 is 0.800 bits per heavy atom. The minimum atomic E-state index is -4.40. The molecule has 0 spiro atoms. The van der Waals surface area contributed by atoms with Crippen LogP contribution in [0.1, 0.15) is 5.56 Å². The second-order valence-corrected chi connectivity index (χ2v) is 8.94. The lowest BCUT2D eigenvalue weighted by molar-refractivity contribution is 0.574. The van der Waals surface area contributed by atoms with E-state index in [-0.39, 0.29) is 16.8 Å². The third kappa shape index (κ3) is 3.58. The Bertz CT molecular complexity index is 1440. The summed E-state index contributed by atoms with van der Waals surface area (Å²) in [7, 11) is -4.40. The standard InChI is InChI=1S/C22H17ClN2O4S/c23-17-10-12-18(13-11-17)30(28,29)25-21(26)19-8-4-5-9-20(19)24(22(25)27)15-14-16-6-2-1-3-7-16/h1-13H,14-15H2. The first-order chi connectivity index (χ1) is 14.4. The normalized spacial score (nSPS) is 11.6. The topological polar surface area (TPSA) is 78.1 Å². The van der Waals surface area contributed by atoms with Crippen LogP contribution in [0.3, 0.4) is 0 Å². The molecule has 0 N–H and O–H groups in total. The first-order valence-electron chi connectivity index (χ1n) is 9.19. The van der Waals surface area contributed by atoms with Gasteiger partial charge >= 0.3 is 5.69 Å². The second-order valence-electron chi connectivity index (χ2n) is 6.72. The number of aryl methyl sites for hydroxylation is 2. The molecule has 6 nitrogen and oxygen atoms in total. The van der Waals surface area contributed by atoms with Gasteiger partial charge in [0.15, 0.2) is 0 Å². The molecular weight excluding hydrogens is 424 g/mol. The Kier molecular flexibility index (Phi) is 5.32. The zero-order chi connectivity index (χ0) is 21.3. The summed E-state index contributed by atoms with van der Waals surface area (Å²) in [5.74, 6) is 0. The van der Waals surface area contributed by atoms with Crippen molar-refractivity contribution in [2.75, 3.05) is 0 Å². The maximum absolute atomic E-state index is 13.2. The molecule has 0 aliphatic carbocycles. The second kappa shape index (κ2) is 7.93. The molecule has 4 aromatic rings. The summed E-state index contributed by atoms with van der Waals surface area (Å²) >= 11 is 5.84. The first kappa shape index (κ1) is 20.1. The van der Waals surface area contributed by atoms with Gasteiger partial charge in [0.1, 0.15) is 0 Å². The van der Waals surface area contributed by atoms with Gasteiger partial charge in [-0.15, -0.1) is 3.97 Å². The van der Waals surface area contributed by atoms with Gasteiger partial charge in [-0.1, -0.05) is 54.1 Å². The summed E-state index contributed by atoms with van der Waals surface area (Å²) < 4.78 is 28.0. The van der Waals surface area contributed by atoms with E-state index in [9.17, 15) is 18.0 Å². The molecule has 3 aromatic carbocycles. The largest absolute Gasteiger partial charge is 0.345 e. The first-order valence-corrected chi connectivity index (χ1v) is 11.0. The number of hydrogen-bond donors (Lipinski definition) is 0. The molecule has 30 heavy (non-hydrogen) atoms. The molecule has 0 saturated heterocycles. The monoisotopic (exact) mass is 440 g/mol. The van der Waals surface area contributed by atoms with E-state index in [0.29, 0.717) is 20.9 Å². The number of benzene rings is 3. The van der Waals surface area contributed by atoms with E-state index >= 15 is 0 Å². The van der Waals surface area contributed by atoms with Crippen molar-refractivity contribution >= 4 is 32.5 Å². The predicted molar refractivity (Wildman–Crippen MR) is 117 cm³/mol. The highest BCUT2D eigenvalue weighted by molar-refractivity contribution is 7.90. The van der Waals surface area contributed by atoms with E-state index in [0.717, 1.165) is 5.56 Å². The van der Waals surface area contributed by atoms with Crippen LogP contribution in [0, 0.1) is 0 Å². The van der Waals surface area contributed by atoms with Gasteiger partial charge in [-0.25, -0.2) is 13.2 Å². The van der Waals surface area contributed by atoms with Crippen molar-refractivity contribution in [1.29, 1.82) is 0 Å². The summed E-state index contributed by atoms with van der Waals surface area (Å²) in [6, 6.07) is 21.4. The summed E-state index contributed by atoms with van der Waals surface area (Å²) in [6.45, 7) is 0.222. The fourth-order valence-electron chi connectivity index (χ4n) is 3.32. The molecule has 0 amide bonds. The SMILES string of the molecule is O=c1c2ccccc2n(CCc2ccccc2)c(=O)n1S(=O)(=O)c1ccc(Cl)cc1. The molecule has 0 aliphatic heterocycles. The highest BCUT2D eigenvalue weighted by atomic mass is 35.5. The third-order valence-corrected chi connectivity index (χ3v) is 6.76. The number of para-hydroxylation sites is 1. The van der Waals surface area contributed by atoms with Crippen molar-refractivity contribution in [3.8, 4) is 0 Å². The molecule has 152 valence electrons. The lowest BCUT2D eigenvalue weighted by Gasteiger charge is -2.14. The fraction of sp³-hybridized carbons (Fsp3) is 0.0909. The summed E-state index contributed by atoms with van der Waals surface area (Å²) in [4.78, 5) is 26.1. The zero-order valence-corrected chi connectivity index (χ0v) is 17.3. The predicted octanol–water partition coefficient (Wildman–Crippen LogP) is 3.30. The highest BCUT2D eigenvalue weighted by Crippen LogP contribution is 2.16. The van der Waals surface area contributed by atoms with Crippen molar-refractivity contribution in [2.45, 2.75) is 17.9 Å². The fourth-order valence-corrected chi connectivity index (χ4v) is 4.76. The Balaban J connectivity index is 1.94. The molecule has 8 heteroatoms. The van der Waals surface area contributed by atoms with Crippen molar-refractivity contribution in [3.05, 3.63) is 110 Å². The molecule has 0 aliphatic rings.